The molecule has 1 aliphatic carbocycles. The van der Waals surface area contributed by atoms with Crippen molar-refractivity contribution in [1.82, 2.24) is 14.4 Å². The molecule has 1 saturated heterocycles. The fraction of sp³-hybridized carbons (Fsp3) is 0.684. The molecule has 3 rings (SSSR count). The summed E-state index contributed by atoms with van der Waals surface area (Å²) in [6, 6.07) is 2.19. The van der Waals surface area contributed by atoms with Crippen molar-refractivity contribution in [3.05, 3.63) is 33.2 Å². The molecule has 1 aromatic rings. The number of amides is 1. The van der Waals surface area contributed by atoms with E-state index in [0.29, 0.717) is 17.5 Å². The highest BCUT2D eigenvalue weighted by molar-refractivity contribution is 5.94. The Labute approximate surface area is 144 Å². The van der Waals surface area contributed by atoms with Gasteiger partial charge in [-0.1, -0.05) is 6.92 Å². The van der Waals surface area contributed by atoms with Crippen molar-refractivity contribution in [2.75, 3.05) is 27.2 Å². The van der Waals surface area contributed by atoms with E-state index in [1.54, 1.807) is 17.7 Å². The van der Waals surface area contributed by atoms with Crippen LogP contribution in [0.5, 0.6) is 0 Å². The second-order valence-electron chi connectivity index (χ2n) is 7.65. The van der Waals surface area contributed by atoms with Crippen LogP contribution in [0.4, 0.5) is 0 Å². The van der Waals surface area contributed by atoms with E-state index in [9.17, 15) is 9.59 Å². The molecule has 1 amide bonds. The van der Waals surface area contributed by atoms with Gasteiger partial charge in [0.1, 0.15) is 5.56 Å². The number of hydrogen-bond acceptors (Lipinski definition) is 3. The first-order valence-electron chi connectivity index (χ1n) is 9.00. The van der Waals surface area contributed by atoms with Crippen molar-refractivity contribution in [2.24, 2.45) is 18.9 Å². The number of nitrogens with zero attached hydrogens (tertiary/aromatic N) is 3. The zero-order chi connectivity index (χ0) is 17.6. The summed E-state index contributed by atoms with van der Waals surface area (Å²) in [5.74, 6) is 1.20. The number of carbonyl (C=O) groups is 1. The maximum atomic E-state index is 13.0. The number of likely N-dealkylation sites (N-methyl/N-ethyl adjacent to an activating group) is 1. The van der Waals surface area contributed by atoms with Gasteiger partial charge >= 0.3 is 0 Å². The molecule has 5 nitrogen and oxygen atoms in total. The molecule has 2 fully saturated rings. The zero-order valence-electron chi connectivity index (χ0n) is 15.5. The summed E-state index contributed by atoms with van der Waals surface area (Å²) in [4.78, 5) is 29.8. The highest BCUT2D eigenvalue weighted by Crippen LogP contribution is 2.42. The van der Waals surface area contributed by atoms with Crippen LogP contribution in [0.3, 0.4) is 0 Å². The quantitative estimate of drug-likeness (QED) is 0.843. The van der Waals surface area contributed by atoms with Crippen molar-refractivity contribution in [1.29, 1.82) is 0 Å². The van der Waals surface area contributed by atoms with Crippen molar-refractivity contribution < 1.29 is 4.79 Å². The Morgan fingerprint density at radius 3 is 2.50 bits per heavy atom. The summed E-state index contributed by atoms with van der Waals surface area (Å²) in [5, 5.41) is 0. The third-order valence-corrected chi connectivity index (χ3v) is 5.83. The van der Waals surface area contributed by atoms with Gasteiger partial charge in [-0.3, -0.25) is 9.59 Å². The predicted octanol–water partition coefficient (Wildman–Crippen LogP) is 1.67. The fourth-order valence-corrected chi connectivity index (χ4v) is 4.28. The molecule has 0 unspecified atom stereocenters. The van der Waals surface area contributed by atoms with E-state index in [1.165, 1.54) is 12.8 Å². The summed E-state index contributed by atoms with van der Waals surface area (Å²) < 4.78 is 1.64. The van der Waals surface area contributed by atoms with E-state index >= 15 is 0 Å². The SMILES string of the molecule is CCc1c(C)cc(C(=O)N2C[C@@H](N(C)C)[C@H](C3CC3)C2)c(=O)n1C. The fourth-order valence-electron chi connectivity index (χ4n) is 4.28. The van der Waals surface area contributed by atoms with E-state index < -0.39 is 0 Å². The normalized spacial score (nSPS) is 24.0. The van der Waals surface area contributed by atoms with Gasteiger partial charge in [0.05, 0.1) is 0 Å². The Hall–Kier alpha value is -1.62. The molecule has 24 heavy (non-hydrogen) atoms. The van der Waals surface area contributed by atoms with Gasteiger partial charge in [0.2, 0.25) is 0 Å². The third-order valence-electron chi connectivity index (χ3n) is 5.83. The number of pyridine rings is 1. The Kier molecular flexibility index (Phi) is 4.56. The van der Waals surface area contributed by atoms with E-state index in [4.69, 9.17) is 0 Å². The molecular weight excluding hydrogens is 302 g/mol. The first-order valence-corrected chi connectivity index (χ1v) is 9.00. The highest BCUT2D eigenvalue weighted by Gasteiger charge is 2.45. The maximum absolute atomic E-state index is 13.0. The second kappa shape index (κ2) is 6.36. The molecular formula is C19H29N3O2. The van der Waals surface area contributed by atoms with Gasteiger partial charge < -0.3 is 14.4 Å². The second-order valence-corrected chi connectivity index (χ2v) is 7.65. The molecule has 0 radical (unpaired) electrons. The number of aromatic nitrogens is 1. The molecule has 2 atom stereocenters. The number of carbonyl (C=O) groups excluding carboxylic acids is 1. The molecule has 1 aliphatic heterocycles. The van der Waals surface area contributed by atoms with Crippen LogP contribution in [-0.4, -0.2) is 53.5 Å². The first kappa shape index (κ1) is 17.2. The maximum Gasteiger partial charge on any atom is 0.263 e. The summed E-state index contributed by atoms with van der Waals surface area (Å²) in [7, 11) is 5.95. The van der Waals surface area contributed by atoms with Crippen LogP contribution in [0.2, 0.25) is 0 Å². The lowest BCUT2D eigenvalue weighted by Gasteiger charge is -2.24. The van der Waals surface area contributed by atoms with Gasteiger partial charge in [-0.05, 0) is 63.7 Å². The standard InChI is InChI=1S/C19H29N3O2/c1-6-16-12(2)9-14(18(23)21(16)5)19(24)22-10-15(13-7-8-13)17(11-22)20(3)4/h9,13,15,17H,6-8,10-11H2,1-5H3/t15-,17+/m0/s1. The van der Waals surface area contributed by atoms with Crippen molar-refractivity contribution in [3.63, 3.8) is 0 Å². The summed E-state index contributed by atoms with van der Waals surface area (Å²) >= 11 is 0. The molecule has 2 aliphatic rings. The highest BCUT2D eigenvalue weighted by atomic mass is 16.2. The monoisotopic (exact) mass is 331 g/mol. The number of aryl methyl sites for hydroxylation is 1. The number of likely N-dealkylation sites (tertiary alicyclic amines) is 1. The number of hydrogen-bond donors (Lipinski definition) is 0. The minimum Gasteiger partial charge on any atom is -0.337 e. The molecule has 0 spiro atoms. The molecule has 2 heterocycles. The van der Waals surface area contributed by atoms with Gasteiger partial charge in [-0.15, -0.1) is 0 Å². The van der Waals surface area contributed by atoms with Gasteiger partial charge in [-0.25, -0.2) is 0 Å². The lowest BCUT2D eigenvalue weighted by molar-refractivity contribution is 0.0778. The van der Waals surface area contributed by atoms with E-state index in [0.717, 1.165) is 36.7 Å². The zero-order valence-corrected chi connectivity index (χ0v) is 15.5. The van der Waals surface area contributed by atoms with Gasteiger partial charge in [0, 0.05) is 31.9 Å². The van der Waals surface area contributed by atoms with Crippen molar-refractivity contribution >= 4 is 5.91 Å². The smallest absolute Gasteiger partial charge is 0.263 e. The van der Waals surface area contributed by atoms with Crippen molar-refractivity contribution in [2.45, 2.75) is 39.2 Å². The first-order chi connectivity index (χ1) is 11.3. The van der Waals surface area contributed by atoms with Crippen LogP contribution < -0.4 is 5.56 Å². The Morgan fingerprint density at radius 2 is 1.96 bits per heavy atom. The average molecular weight is 331 g/mol. The Balaban J connectivity index is 1.89. The minimum atomic E-state index is -0.168. The molecule has 0 aromatic carbocycles. The average Bonchev–Trinajstić information content (AvgIpc) is 3.28. The van der Waals surface area contributed by atoms with Crippen molar-refractivity contribution in [3.8, 4) is 0 Å². The van der Waals surface area contributed by atoms with Crippen LogP contribution in [0, 0.1) is 18.8 Å². The largest absolute Gasteiger partial charge is 0.337 e. The molecule has 0 bridgehead atoms. The number of rotatable bonds is 4. The predicted molar refractivity (Wildman–Crippen MR) is 95.4 cm³/mol. The molecule has 5 heteroatoms. The van der Waals surface area contributed by atoms with Gasteiger partial charge in [0.25, 0.3) is 11.5 Å². The molecule has 1 saturated carbocycles. The minimum absolute atomic E-state index is 0.101. The lowest BCUT2D eigenvalue weighted by Crippen LogP contribution is -2.38. The molecule has 0 N–H and O–H groups in total. The topological polar surface area (TPSA) is 45.6 Å². The Bertz CT molecular complexity index is 693. The summed E-state index contributed by atoms with van der Waals surface area (Å²) in [6.45, 7) is 5.52. The van der Waals surface area contributed by atoms with E-state index in [-0.39, 0.29) is 11.5 Å². The summed E-state index contributed by atoms with van der Waals surface area (Å²) in [5.41, 5.74) is 2.17. The van der Waals surface area contributed by atoms with Crippen LogP contribution in [0.25, 0.3) is 0 Å². The van der Waals surface area contributed by atoms with Gasteiger partial charge in [0.15, 0.2) is 0 Å². The Morgan fingerprint density at radius 1 is 1.29 bits per heavy atom. The van der Waals surface area contributed by atoms with E-state index in [2.05, 4.69) is 19.0 Å². The van der Waals surface area contributed by atoms with Gasteiger partial charge in [-0.2, -0.15) is 0 Å². The lowest BCUT2D eigenvalue weighted by atomic mass is 9.97. The van der Waals surface area contributed by atoms with E-state index in [1.807, 2.05) is 18.7 Å². The van der Waals surface area contributed by atoms with Crippen LogP contribution in [0.1, 0.15) is 41.4 Å². The molecule has 1 aromatic heterocycles. The third kappa shape index (κ3) is 2.90. The van der Waals surface area contributed by atoms with Crippen LogP contribution in [0.15, 0.2) is 10.9 Å². The van der Waals surface area contributed by atoms with Crippen LogP contribution >= 0.6 is 0 Å². The van der Waals surface area contributed by atoms with Crippen LogP contribution in [-0.2, 0) is 13.5 Å². The summed E-state index contributed by atoms with van der Waals surface area (Å²) in [6.07, 6.45) is 3.36. The molecule has 132 valence electrons.